The summed E-state index contributed by atoms with van der Waals surface area (Å²) in [5.41, 5.74) is 1.30. The summed E-state index contributed by atoms with van der Waals surface area (Å²) in [5.74, 6) is 0.218. The smallest absolute Gasteiger partial charge is 0.410 e. The Balaban J connectivity index is 2.58. The number of aromatic nitrogens is 1. The second-order valence-electron chi connectivity index (χ2n) is 3.27. The van der Waals surface area contributed by atoms with E-state index in [0.717, 1.165) is 5.39 Å². The number of carboxylic acid groups (broad SMARTS) is 1. The van der Waals surface area contributed by atoms with Crippen LogP contribution in [0.5, 0.6) is 0 Å². The van der Waals surface area contributed by atoms with E-state index in [-0.39, 0.29) is 12.4 Å². The second-order valence-corrected chi connectivity index (χ2v) is 3.27. The van der Waals surface area contributed by atoms with Crippen molar-refractivity contribution in [2.24, 2.45) is 0 Å². The lowest BCUT2D eigenvalue weighted by Gasteiger charge is -2.06. The fourth-order valence-corrected chi connectivity index (χ4v) is 1.55. The molecule has 0 spiro atoms. The zero-order valence-electron chi connectivity index (χ0n) is 8.34. The first-order chi connectivity index (χ1) is 7.70. The number of aliphatic hydroxyl groups is 1. The van der Waals surface area contributed by atoms with Gasteiger partial charge in [0.25, 0.3) is 0 Å². The third-order valence-electron chi connectivity index (χ3n) is 2.21. The minimum atomic E-state index is -1.17. The van der Waals surface area contributed by atoms with E-state index >= 15 is 0 Å². The van der Waals surface area contributed by atoms with Crippen LogP contribution in [0.2, 0.25) is 0 Å². The van der Waals surface area contributed by atoms with Gasteiger partial charge in [0.2, 0.25) is 0 Å². The second kappa shape index (κ2) is 4.16. The molecule has 5 heteroatoms. The molecule has 0 saturated carbocycles. The average Bonchev–Trinajstić information content (AvgIpc) is 2.27. The molecule has 0 bridgehead atoms. The summed E-state index contributed by atoms with van der Waals surface area (Å²) >= 11 is 0. The van der Waals surface area contributed by atoms with Crippen molar-refractivity contribution in [3.8, 4) is 0 Å². The topological polar surface area (TPSA) is 82.5 Å². The lowest BCUT2D eigenvalue weighted by Crippen LogP contribution is -2.09. The Kier molecular flexibility index (Phi) is 2.70. The Morgan fingerprint density at radius 3 is 2.81 bits per heavy atom. The number of pyridine rings is 1. The lowest BCUT2D eigenvalue weighted by atomic mass is 10.1. The van der Waals surface area contributed by atoms with E-state index in [1.54, 1.807) is 12.1 Å². The number of amides is 1. The van der Waals surface area contributed by atoms with Gasteiger partial charge in [0.05, 0.1) is 12.1 Å². The highest BCUT2D eigenvalue weighted by atomic mass is 16.4. The van der Waals surface area contributed by atoms with Gasteiger partial charge in [-0.05, 0) is 17.7 Å². The molecule has 16 heavy (non-hydrogen) atoms. The zero-order valence-corrected chi connectivity index (χ0v) is 8.34. The molecule has 0 fully saturated rings. The van der Waals surface area contributed by atoms with Crippen LogP contribution >= 0.6 is 0 Å². The molecular formula is C11H10N2O3. The molecule has 1 aromatic heterocycles. The summed E-state index contributed by atoms with van der Waals surface area (Å²) in [5, 5.41) is 20.8. The van der Waals surface area contributed by atoms with Gasteiger partial charge in [-0.3, -0.25) is 5.32 Å². The Hall–Kier alpha value is -2.14. The molecule has 0 aliphatic rings. The number of anilines is 1. The van der Waals surface area contributed by atoms with E-state index < -0.39 is 6.09 Å². The van der Waals surface area contributed by atoms with Crippen molar-refractivity contribution in [2.75, 3.05) is 5.32 Å². The van der Waals surface area contributed by atoms with Crippen molar-refractivity contribution in [1.82, 2.24) is 4.98 Å². The fraction of sp³-hybridized carbons (Fsp3) is 0.0909. The predicted molar refractivity (Wildman–Crippen MR) is 59.3 cm³/mol. The SMILES string of the molecule is O=C(O)Nc1cc(CO)c2ccccc2n1. The molecule has 0 atom stereocenters. The molecule has 82 valence electrons. The third kappa shape index (κ3) is 1.94. The summed E-state index contributed by atoms with van der Waals surface area (Å²) in [6.07, 6.45) is -1.17. The highest BCUT2D eigenvalue weighted by molar-refractivity contribution is 5.88. The van der Waals surface area contributed by atoms with Gasteiger partial charge in [-0.1, -0.05) is 18.2 Å². The number of para-hydroxylation sites is 1. The summed E-state index contributed by atoms with van der Waals surface area (Å²) in [4.78, 5) is 14.6. The van der Waals surface area contributed by atoms with Gasteiger partial charge in [-0.15, -0.1) is 0 Å². The Bertz CT molecular complexity index is 540. The average molecular weight is 218 g/mol. The Labute approximate surface area is 91.4 Å². The van der Waals surface area contributed by atoms with E-state index in [1.165, 1.54) is 6.07 Å². The minimum absolute atomic E-state index is 0.155. The summed E-state index contributed by atoms with van der Waals surface area (Å²) in [6.45, 7) is -0.155. The van der Waals surface area contributed by atoms with Gasteiger partial charge in [0.15, 0.2) is 0 Å². The largest absolute Gasteiger partial charge is 0.465 e. The van der Waals surface area contributed by atoms with E-state index in [4.69, 9.17) is 5.11 Å². The van der Waals surface area contributed by atoms with Gasteiger partial charge >= 0.3 is 6.09 Å². The van der Waals surface area contributed by atoms with E-state index in [0.29, 0.717) is 11.1 Å². The van der Waals surface area contributed by atoms with Crippen molar-refractivity contribution < 1.29 is 15.0 Å². The highest BCUT2D eigenvalue weighted by Crippen LogP contribution is 2.20. The molecule has 0 radical (unpaired) electrons. The van der Waals surface area contributed by atoms with E-state index in [2.05, 4.69) is 10.3 Å². The van der Waals surface area contributed by atoms with Crippen LogP contribution in [0.25, 0.3) is 10.9 Å². The molecule has 3 N–H and O–H groups in total. The predicted octanol–water partition coefficient (Wildman–Crippen LogP) is 1.82. The number of hydrogen-bond donors (Lipinski definition) is 3. The van der Waals surface area contributed by atoms with Crippen molar-refractivity contribution in [3.63, 3.8) is 0 Å². The number of aliphatic hydroxyl groups excluding tert-OH is 1. The lowest BCUT2D eigenvalue weighted by molar-refractivity contribution is 0.209. The van der Waals surface area contributed by atoms with Crippen molar-refractivity contribution in [1.29, 1.82) is 0 Å². The van der Waals surface area contributed by atoms with Crippen LogP contribution in [0.1, 0.15) is 5.56 Å². The van der Waals surface area contributed by atoms with E-state index in [9.17, 15) is 9.90 Å². The van der Waals surface area contributed by atoms with Gasteiger partial charge in [-0.25, -0.2) is 9.78 Å². The molecule has 2 aromatic rings. The van der Waals surface area contributed by atoms with Crippen LogP contribution in [0.15, 0.2) is 30.3 Å². The van der Waals surface area contributed by atoms with Gasteiger partial charge < -0.3 is 10.2 Å². The van der Waals surface area contributed by atoms with Crippen LogP contribution in [-0.4, -0.2) is 21.3 Å². The monoisotopic (exact) mass is 218 g/mol. The molecule has 1 amide bonds. The minimum Gasteiger partial charge on any atom is -0.465 e. The number of carbonyl (C=O) groups is 1. The molecular weight excluding hydrogens is 208 g/mol. The molecule has 5 nitrogen and oxygen atoms in total. The quantitative estimate of drug-likeness (QED) is 0.718. The first kappa shape index (κ1) is 10.4. The first-order valence-corrected chi connectivity index (χ1v) is 4.70. The maximum atomic E-state index is 10.5. The van der Waals surface area contributed by atoms with Gasteiger partial charge in [0.1, 0.15) is 5.82 Å². The maximum Gasteiger partial charge on any atom is 0.410 e. The summed E-state index contributed by atoms with van der Waals surface area (Å²) < 4.78 is 0. The summed E-state index contributed by atoms with van der Waals surface area (Å²) in [7, 11) is 0. The van der Waals surface area contributed by atoms with Crippen molar-refractivity contribution in [3.05, 3.63) is 35.9 Å². The molecule has 0 aliphatic carbocycles. The van der Waals surface area contributed by atoms with Crippen LogP contribution in [0.3, 0.4) is 0 Å². The zero-order chi connectivity index (χ0) is 11.5. The summed E-state index contributed by atoms with van der Waals surface area (Å²) in [6, 6.07) is 8.77. The normalized spacial score (nSPS) is 10.3. The van der Waals surface area contributed by atoms with Gasteiger partial charge in [-0.2, -0.15) is 0 Å². The molecule has 0 unspecified atom stereocenters. The van der Waals surface area contributed by atoms with Gasteiger partial charge in [0, 0.05) is 5.39 Å². The van der Waals surface area contributed by atoms with Crippen LogP contribution in [0.4, 0.5) is 10.6 Å². The molecule has 1 heterocycles. The highest BCUT2D eigenvalue weighted by Gasteiger charge is 2.06. The number of fused-ring (bicyclic) bond motifs is 1. The fourth-order valence-electron chi connectivity index (χ4n) is 1.55. The standard InChI is InChI=1S/C11H10N2O3/c14-6-7-5-10(13-11(15)16)12-9-4-2-1-3-8(7)9/h1-5,14H,6H2,(H,12,13)(H,15,16). The van der Waals surface area contributed by atoms with E-state index in [1.807, 2.05) is 12.1 Å². The van der Waals surface area contributed by atoms with Crippen LogP contribution in [-0.2, 0) is 6.61 Å². The Morgan fingerprint density at radius 1 is 1.38 bits per heavy atom. The first-order valence-electron chi connectivity index (χ1n) is 4.70. The number of hydrogen-bond acceptors (Lipinski definition) is 3. The van der Waals surface area contributed by atoms with Crippen LogP contribution in [0, 0.1) is 0 Å². The number of nitrogens with one attached hydrogen (secondary N) is 1. The molecule has 2 rings (SSSR count). The van der Waals surface area contributed by atoms with Crippen LogP contribution < -0.4 is 5.32 Å². The number of benzene rings is 1. The maximum absolute atomic E-state index is 10.5. The Morgan fingerprint density at radius 2 is 2.12 bits per heavy atom. The number of rotatable bonds is 2. The van der Waals surface area contributed by atoms with Crippen molar-refractivity contribution >= 4 is 22.8 Å². The molecule has 1 aromatic carbocycles. The number of nitrogens with zero attached hydrogens (tertiary/aromatic N) is 1. The molecule has 0 saturated heterocycles. The molecule has 0 aliphatic heterocycles. The van der Waals surface area contributed by atoms with Crippen molar-refractivity contribution in [2.45, 2.75) is 6.61 Å². The third-order valence-corrected chi connectivity index (χ3v) is 2.21.